The van der Waals surface area contributed by atoms with E-state index in [0.717, 1.165) is 19.4 Å². The van der Waals surface area contributed by atoms with Crippen LogP contribution in [0.25, 0.3) is 0 Å². The molecule has 1 aromatic heterocycles. The summed E-state index contributed by atoms with van der Waals surface area (Å²) in [6.07, 6.45) is 3.77. The second-order valence-electron chi connectivity index (χ2n) is 3.56. The van der Waals surface area contributed by atoms with Gasteiger partial charge >= 0.3 is 0 Å². The van der Waals surface area contributed by atoms with E-state index in [1.54, 1.807) is 13.3 Å². The van der Waals surface area contributed by atoms with Gasteiger partial charge in [-0.2, -0.15) is 4.98 Å². The van der Waals surface area contributed by atoms with E-state index in [1.165, 1.54) is 0 Å². The maximum Gasteiger partial charge on any atom is 0.222 e. The van der Waals surface area contributed by atoms with Gasteiger partial charge in [0.2, 0.25) is 5.95 Å². The lowest BCUT2D eigenvalue weighted by molar-refractivity contribution is 0.146. The molecule has 0 unspecified atom stereocenters. The van der Waals surface area contributed by atoms with Crippen molar-refractivity contribution in [3.05, 3.63) is 6.20 Å². The maximum atomic E-state index is 5.54. The second-order valence-corrected chi connectivity index (χ2v) is 3.56. The molecular formula is C11H20N4O2. The van der Waals surface area contributed by atoms with E-state index in [0.29, 0.717) is 24.8 Å². The fraction of sp³-hybridized carbons (Fsp3) is 0.636. The predicted molar refractivity (Wildman–Crippen MR) is 67.2 cm³/mol. The highest BCUT2D eigenvalue weighted by Crippen LogP contribution is 2.21. The van der Waals surface area contributed by atoms with Crippen molar-refractivity contribution in [2.75, 3.05) is 37.9 Å². The van der Waals surface area contributed by atoms with Crippen LogP contribution in [-0.4, -0.2) is 36.8 Å². The number of rotatable bonds is 8. The Hall–Kier alpha value is -1.56. The number of hydrogen-bond acceptors (Lipinski definition) is 6. The Balaban J connectivity index is 2.59. The first-order chi connectivity index (χ1) is 8.27. The lowest BCUT2D eigenvalue weighted by atomic mass is 10.3. The molecule has 0 fully saturated rings. The van der Waals surface area contributed by atoms with Gasteiger partial charge in [-0.1, -0.05) is 13.3 Å². The molecule has 0 spiro atoms. The molecule has 17 heavy (non-hydrogen) atoms. The van der Waals surface area contributed by atoms with Crippen molar-refractivity contribution in [1.82, 2.24) is 9.97 Å². The van der Waals surface area contributed by atoms with Crippen LogP contribution in [0.5, 0.6) is 5.75 Å². The first-order valence-corrected chi connectivity index (χ1v) is 5.76. The molecule has 1 heterocycles. The van der Waals surface area contributed by atoms with Gasteiger partial charge in [-0.15, -0.1) is 0 Å². The molecule has 0 aliphatic heterocycles. The molecule has 0 atom stereocenters. The van der Waals surface area contributed by atoms with Gasteiger partial charge in [0.1, 0.15) is 6.61 Å². The van der Waals surface area contributed by atoms with Gasteiger partial charge in [-0.25, -0.2) is 4.98 Å². The molecular weight excluding hydrogens is 220 g/mol. The molecule has 0 saturated heterocycles. The molecule has 0 saturated carbocycles. The van der Waals surface area contributed by atoms with E-state index >= 15 is 0 Å². The van der Waals surface area contributed by atoms with Crippen LogP contribution in [0.4, 0.5) is 11.8 Å². The van der Waals surface area contributed by atoms with Gasteiger partial charge in [-0.3, -0.25) is 0 Å². The van der Waals surface area contributed by atoms with Crippen LogP contribution in [0.1, 0.15) is 19.8 Å². The molecule has 1 aromatic rings. The summed E-state index contributed by atoms with van der Waals surface area (Å²) in [4.78, 5) is 8.02. The predicted octanol–water partition coefficient (Wildman–Crippen LogP) is 1.30. The van der Waals surface area contributed by atoms with Crippen LogP contribution >= 0.6 is 0 Å². The SMILES string of the molecule is CCCCNc1nc(N)ncc1OCCOC. The summed E-state index contributed by atoms with van der Waals surface area (Å²) in [5, 5.41) is 3.18. The molecule has 0 aliphatic carbocycles. The molecule has 3 N–H and O–H groups in total. The third-order valence-corrected chi connectivity index (χ3v) is 2.14. The molecule has 0 radical (unpaired) electrons. The lowest BCUT2D eigenvalue weighted by Crippen LogP contribution is -2.11. The molecule has 0 aliphatic rings. The molecule has 0 bridgehead atoms. The highest BCUT2D eigenvalue weighted by atomic mass is 16.5. The molecule has 0 aromatic carbocycles. The number of ether oxygens (including phenoxy) is 2. The minimum atomic E-state index is 0.239. The number of hydrogen-bond donors (Lipinski definition) is 2. The summed E-state index contributed by atoms with van der Waals surface area (Å²) >= 11 is 0. The Morgan fingerprint density at radius 3 is 2.94 bits per heavy atom. The minimum Gasteiger partial charge on any atom is -0.486 e. The molecule has 96 valence electrons. The first kappa shape index (κ1) is 13.5. The Morgan fingerprint density at radius 2 is 2.24 bits per heavy atom. The molecule has 0 amide bonds. The van der Waals surface area contributed by atoms with Crippen molar-refractivity contribution in [2.24, 2.45) is 0 Å². The largest absolute Gasteiger partial charge is 0.486 e. The van der Waals surface area contributed by atoms with Gasteiger partial charge in [0.25, 0.3) is 0 Å². The third-order valence-electron chi connectivity index (χ3n) is 2.14. The Kier molecular flexibility index (Phi) is 6.09. The Bertz CT molecular complexity index is 333. The quantitative estimate of drug-likeness (QED) is 0.666. The van der Waals surface area contributed by atoms with Crippen molar-refractivity contribution in [3.8, 4) is 5.75 Å². The number of nitrogens with one attached hydrogen (secondary N) is 1. The standard InChI is InChI=1S/C11H20N4O2/c1-3-4-5-13-10-9(17-7-6-16-2)8-14-11(12)15-10/h8H,3-7H2,1-2H3,(H3,12,13,14,15). The summed E-state index contributed by atoms with van der Waals surface area (Å²) in [5.74, 6) is 1.48. The number of unbranched alkanes of at least 4 members (excludes halogenated alkanes) is 1. The Morgan fingerprint density at radius 1 is 1.41 bits per heavy atom. The van der Waals surface area contributed by atoms with E-state index in [9.17, 15) is 0 Å². The number of nitrogen functional groups attached to an aromatic ring is 1. The summed E-state index contributed by atoms with van der Waals surface area (Å²) in [6.45, 7) is 3.96. The van der Waals surface area contributed by atoms with E-state index in [1.807, 2.05) is 0 Å². The van der Waals surface area contributed by atoms with Gasteiger partial charge in [0, 0.05) is 13.7 Å². The van der Waals surface area contributed by atoms with Crippen LogP contribution in [0.15, 0.2) is 6.20 Å². The number of anilines is 2. The summed E-state index contributed by atoms with van der Waals surface area (Å²) < 4.78 is 10.4. The monoisotopic (exact) mass is 240 g/mol. The minimum absolute atomic E-state index is 0.239. The van der Waals surface area contributed by atoms with Crippen molar-refractivity contribution in [1.29, 1.82) is 0 Å². The van der Waals surface area contributed by atoms with E-state index in [4.69, 9.17) is 15.2 Å². The van der Waals surface area contributed by atoms with Crippen LogP contribution < -0.4 is 15.8 Å². The molecule has 6 heteroatoms. The van der Waals surface area contributed by atoms with Gasteiger partial charge in [-0.05, 0) is 6.42 Å². The summed E-state index contributed by atoms with van der Waals surface area (Å²) in [7, 11) is 1.63. The average Bonchev–Trinajstić information content (AvgIpc) is 2.32. The summed E-state index contributed by atoms with van der Waals surface area (Å²) in [6, 6.07) is 0. The van der Waals surface area contributed by atoms with E-state index in [-0.39, 0.29) is 5.95 Å². The van der Waals surface area contributed by atoms with Gasteiger partial charge in [0.15, 0.2) is 11.6 Å². The maximum absolute atomic E-state index is 5.54. The number of nitrogens with zero attached hydrogens (tertiary/aromatic N) is 2. The average molecular weight is 240 g/mol. The third kappa shape index (κ3) is 4.86. The zero-order chi connectivity index (χ0) is 12.5. The van der Waals surface area contributed by atoms with Crippen LogP contribution in [0, 0.1) is 0 Å². The number of nitrogens with two attached hydrogens (primary N) is 1. The van der Waals surface area contributed by atoms with Crippen molar-refractivity contribution in [3.63, 3.8) is 0 Å². The Labute approximate surface area is 102 Å². The highest BCUT2D eigenvalue weighted by molar-refractivity contribution is 5.51. The van der Waals surface area contributed by atoms with Crippen LogP contribution in [-0.2, 0) is 4.74 Å². The second kappa shape index (κ2) is 7.67. The normalized spacial score (nSPS) is 10.2. The smallest absolute Gasteiger partial charge is 0.222 e. The van der Waals surface area contributed by atoms with Crippen molar-refractivity contribution in [2.45, 2.75) is 19.8 Å². The van der Waals surface area contributed by atoms with E-state index < -0.39 is 0 Å². The number of aromatic nitrogens is 2. The number of methoxy groups -OCH3 is 1. The zero-order valence-electron chi connectivity index (χ0n) is 10.4. The van der Waals surface area contributed by atoms with Crippen LogP contribution in [0.2, 0.25) is 0 Å². The van der Waals surface area contributed by atoms with Crippen molar-refractivity contribution >= 4 is 11.8 Å². The fourth-order valence-electron chi connectivity index (χ4n) is 1.24. The fourth-order valence-corrected chi connectivity index (χ4v) is 1.24. The first-order valence-electron chi connectivity index (χ1n) is 5.76. The lowest BCUT2D eigenvalue weighted by Gasteiger charge is -2.11. The highest BCUT2D eigenvalue weighted by Gasteiger charge is 2.06. The topological polar surface area (TPSA) is 82.3 Å². The van der Waals surface area contributed by atoms with Gasteiger partial charge in [0.05, 0.1) is 12.8 Å². The van der Waals surface area contributed by atoms with E-state index in [2.05, 4.69) is 22.2 Å². The van der Waals surface area contributed by atoms with Crippen LogP contribution in [0.3, 0.4) is 0 Å². The summed E-state index contributed by atoms with van der Waals surface area (Å²) in [5.41, 5.74) is 5.54. The van der Waals surface area contributed by atoms with Crippen molar-refractivity contribution < 1.29 is 9.47 Å². The van der Waals surface area contributed by atoms with Gasteiger partial charge < -0.3 is 20.5 Å². The molecule has 1 rings (SSSR count). The zero-order valence-corrected chi connectivity index (χ0v) is 10.4. The molecule has 6 nitrogen and oxygen atoms in total.